The Hall–Kier alpha value is -3.42. The van der Waals surface area contributed by atoms with Gasteiger partial charge in [-0.15, -0.1) is 11.3 Å². The van der Waals surface area contributed by atoms with Gasteiger partial charge in [-0.3, -0.25) is 0 Å². The molecule has 2 aliphatic heterocycles. The van der Waals surface area contributed by atoms with Crippen molar-refractivity contribution in [1.29, 1.82) is 0 Å². The number of rotatable bonds is 8. The molecule has 0 amide bonds. The molecule has 2 aromatic heterocycles. The molecule has 0 radical (unpaired) electrons. The first kappa shape index (κ1) is 24.6. The first-order valence-electron chi connectivity index (χ1n) is 13.9. The van der Waals surface area contributed by atoms with Gasteiger partial charge in [-0.2, -0.15) is 0 Å². The number of carbonyl (C=O) groups is 1. The molecule has 4 heterocycles. The van der Waals surface area contributed by atoms with Crippen LogP contribution in [-0.2, 0) is 11.3 Å². The zero-order valence-corrected chi connectivity index (χ0v) is 22.8. The van der Waals surface area contributed by atoms with E-state index in [1.165, 1.54) is 48.3 Å². The van der Waals surface area contributed by atoms with E-state index in [0.717, 1.165) is 45.9 Å². The lowest BCUT2D eigenvalue weighted by Crippen LogP contribution is -2.45. The van der Waals surface area contributed by atoms with Crippen molar-refractivity contribution in [2.24, 2.45) is 0 Å². The molecule has 0 unspecified atom stereocenters. The topological polar surface area (TPSA) is 75.8 Å². The standard InChI is InChI=1S/C32H32N2O4S/c1-19-4-2-3-5-26(19)30-27(31(38-33-30)21-6-7-21)18-37-25-16-23-12-13-24(17-25)34(23)22-10-8-20(9-11-22)28-14-15-29(39-28)32(35)36/h2-5,8-11,14-15,21,23-25H,6-7,12-13,16-18H2,1H3,(H,35,36)/t23-,24+,25+. The van der Waals surface area contributed by atoms with Crippen LogP contribution in [0.25, 0.3) is 21.7 Å². The highest BCUT2D eigenvalue weighted by molar-refractivity contribution is 7.17. The van der Waals surface area contributed by atoms with Gasteiger partial charge in [0.05, 0.1) is 12.7 Å². The Labute approximate surface area is 232 Å². The Morgan fingerprint density at radius 3 is 2.44 bits per heavy atom. The third-order valence-corrected chi connectivity index (χ3v) is 9.71. The number of aryl methyl sites for hydroxylation is 1. The molecule has 3 aliphatic rings. The van der Waals surface area contributed by atoms with Gasteiger partial charge in [-0.05, 0) is 80.8 Å². The first-order valence-corrected chi connectivity index (χ1v) is 14.7. The van der Waals surface area contributed by atoms with Crippen molar-refractivity contribution >= 4 is 23.0 Å². The molecule has 2 saturated heterocycles. The van der Waals surface area contributed by atoms with Crippen molar-refractivity contribution in [2.45, 2.75) is 76.2 Å². The quantitative estimate of drug-likeness (QED) is 0.247. The molecule has 3 atom stereocenters. The van der Waals surface area contributed by atoms with Crippen LogP contribution in [0.15, 0.2) is 65.2 Å². The maximum Gasteiger partial charge on any atom is 0.345 e. The molecule has 3 fully saturated rings. The number of carboxylic acids is 1. The Morgan fingerprint density at radius 2 is 1.77 bits per heavy atom. The lowest BCUT2D eigenvalue weighted by Gasteiger charge is -2.40. The van der Waals surface area contributed by atoms with Gasteiger partial charge >= 0.3 is 5.97 Å². The number of benzene rings is 2. The molecular weight excluding hydrogens is 508 g/mol. The van der Waals surface area contributed by atoms with Gasteiger partial charge in [0.25, 0.3) is 0 Å². The maximum atomic E-state index is 11.3. The lowest BCUT2D eigenvalue weighted by molar-refractivity contribution is 0.0147. The van der Waals surface area contributed by atoms with E-state index in [9.17, 15) is 9.90 Å². The van der Waals surface area contributed by atoms with Crippen LogP contribution < -0.4 is 4.90 Å². The molecule has 4 aromatic rings. The van der Waals surface area contributed by atoms with Crippen LogP contribution in [0.5, 0.6) is 0 Å². The minimum absolute atomic E-state index is 0.227. The second-order valence-electron chi connectivity index (χ2n) is 11.2. The fraction of sp³-hybridized carbons (Fsp3) is 0.375. The summed E-state index contributed by atoms with van der Waals surface area (Å²) in [6.45, 7) is 2.68. The summed E-state index contributed by atoms with van der Waals surface area (Å²) in [5, 5.41) is 13.8. The molecule has 7 heteroatoms. The van der Waals surface area contributed by atoms with Crippen molar-refractivity contribution in [3.63, 3.8) is 0 Å². The lowest BCUT2D eigenvalue weighted by atomic mass is 9.97. The summed E-state index contributed by atoms with van der Waals surface area (Å²) >= 11 is 1.32. The zero-order valence-electron chi connectivity index (χ0n) is 22.0. The Bertz CT molecular complexity index is 1490. The number of anilines is 1. The van der Waals surface area contributed by atoms with E-state index in [4.69, 9.17) is 9.26 Å². The van der Waals surface area contributed by atoms with Gasteiger partial charge in [-0.1, -0.05) is 41.6 Å². The molecule has 2 aromatic carbocycles. The summed E-state index contributed by atoms with van der Waals surface area (Å²) in [7, 11) is 0. The SMILES string of the molecule is Cc1ccccc1-c1noc(C2CC2)c1CO[C@H]1C[C@H]2CC[C@@H](C1)N2c1ccc(-c2ccc(C(=O)O)s2)cc1. The number of thiophene rings is 1. The van der Waals surface area contributed by atoms with E-state index in [-0.39, 0.29) is 6.10 Å². The number of aromatic carboxylic acids is 1. The fourth-order valence-corrected chi connectivity index (χ4v) is 7.32. The average Bonchev–Trinajstić information content (AvgIpc) is 3.39. The Kier molecular flexibility index (Phi) is 6.28. The largest absolute Gasteiger partial charge is 0.477 e. The summed E-state index contributed by atoms with van der Waals surface area (Å²) in [6.07, 6.45) is 6.99. The van der Waals surface area contributed by atoms with Crippen LogP contribution in [0, 0.1) is 6.92 Å². The molecule has 0 spiro atoms. The molecule has 1 saturated carbocycles. The number of hydrogen-bond donors (Lipinski definition) is 1. The number of hydrogen-bond acceptors (Lipinski definition) is 6. The Morgan fingerprint density at radius 1 is 1.03 bits per heavy atom. The van der Waals surface area contributed by atoms with E-state index in [0.29, 0.717) is 29.5 Å². The number of carboxylic acid groups (broad SMARTS) is 1. The van der Waals surface area contributed by atoms with E-state index in [2.05, 4.69) is 65.5 Å². The van der Waals surface area contributed by atoms with Gasteiger partial charge in [0.15, 0.2) is 0 Å². The van der Waals surface area contributed by atoms with Crippen molar-refractivity contribution < 1.29 is 19.2 Å². The minimum Gasteiger partial charge on any atom is -0.477 e. The molecule has 39 heavy (non-hydrogen) atoms. The fourth-order valence-electron chi connectivity index (χ4n) is 6.47. The normalized spacial score (nSPS) is 22.4. The predicted molar refractivity (Wildman–Crippen MR) is 152 cm³/mol. The van der Waals surface area contributed by atoms with E-state index in [1.807, 2.05) is 6.07 Å². The highest BCUT2D eigenvalue weighted by Crippen LogP contribution is 2.45. The third kappa shape index (κ3) is 4.68. The monoisotopic (exact) mass is 540 g/mol. The molecule has 7 rings (SSSR count). The molecular formula is C32H32N2O4S. The second-order valence-corrected chi connectivity index (χ2v) is 12.3. The number of fused-ring (bicyclic) bond motifs is 2. The number of piperidine rings is 1. The highest BCUT2D eigenvalue weighted by Gasteiger charge is 2.41. The van der Waals surface area contributed by atoms with E-state index < -0.39 is 5.97 Å². The number of aromatic nitrogens is 1. The third-order valence-electron chi connectivity index (χ3n) is 8.59. The van der Waals surface area contributed by atoms with Gasteiger partial charge in [0.2, 0.25) is 0 Å². The highest BCUT2D eigenvalue weighted by atomic mass is 32.1. The molecule has 200 valence electrons. The summed E-state index contributed by atoms with van der Waals surface area (Å²) in [4.78, 5) is 15.2. The predicted octanol–water partition coefficient (Wildman–Crippen LogP) is 7.67. The van der Waals surface area contributed by atoms with Gasteiger partial charge in [0, 0.05) is 39.7 Å². The van der Waals surface area contributed by atoms with Crippen molar-refractivity contribution in [3.05, 3.63) is 82.4 Å². The molecule has 2 bridgehead atoms. The summed E-state index contributed by atoms with van der Waals surface area (Å²) in [6, 6.07) is 21.5. The summed E-state index contributed by atoms with van der Waals surface area (Å²) in [5.41, 5.74) is 6.72. The molecule has 6 nitrogen and oxygen atoms in total. The molecule has 1 N–H and O–H groups in total. The van der Waals surface area contributed by atoms with Gasteiger partial charge < -0.3 is 19.3 Å². The molecule has 1 aliphatic carbocycles. The Balaban J connectivity index is 1.05. The second kappa shape index (κ2) is 9.96. The van der Waals surface area contributed by atoms with Crippen molar-refractivity contribution in [1.82, 2.24) is 5.16 Å². The van der Waals surface area contributed by atoms with Crippen LogP contribution in [-0.4, -0.2) is 34.4 Å². The smallest absolute Gasteiger partial charge is 0.345 e. The van der Waals surface area contributed by atoms with Gasteiger partial charge in [0.1, 0.15) is 16.3 Å². The van der Waals surface area contributed by atoms with E-state index in [1.54, 1.807) is 6.07 Å². The average molecular weight is 541 g/mol. The zero-order chi connectivity index (χ0) is 26.5. The first-order chi connectivity index (χ1) is 19.0. The van der Waals surface area contributed by atoms with Gasteiger partial charge in [-0.25, -0.2) is 4.79 Å². The maximum absolute atomic E-state index is 11.3. The van der Waals surface area contributed by atoms with Crippen LogP contribution in [0.4, 0.5) is 5.69 Å². The number of nitrogens with zero attached hydrogens (tertiary/aromatic N) is 2. The summed E-state index contributed by atoms with van der Waals surface area (Å²) in [5.74, 6) is 0.637. The number of ether oxygens (including phenoxy) is 1. The van der Waals surface area contributed by atoms with Crippen molar-refractivity contribution in [2.75, 3.05) is 4.90 Å². The van der Waals surface area contributed by atoms with Crippen LogP contribution in [0.2, 0.25) is 0 Å². The minimum atomic E-state index is -0.872. The van der Waals surface area contributed by atoms with Crippen LogP contribution in [0.3, 0.4) is 0 Å². The summed E-state index contributed by atoms with van der Waals surface area (Å²) < 4.78 is 12.5. The van der Waals surface area contributed by atoms with Crippen LogP contribution in [0.1, 0.15) is 71.0 Å². The van der Waals surface area contributed by atoms with Crippen LogP contribution >= 0.6 is 11.3 Å². The van der Waals surface area contributed by atoms with Crippen molar-refractivity contribution in [3.8, 4) is 21.7 Å². The van der Waals surface area contributed by atoms with E-state index >= 15 is 0 Å².